The van der Waals surface area contributed by atoms with Gasteiger partial charge >= 0.3 is 6.03 Å². The Morgan fingerprint density at radius 3 is 2.96 bits per heavy atom. The highest BCUT2D eigenvalue weighted by atomic mass is 16.5. The van der Waals surface area contributed by atoms with Crippen LogP contribution in [-0.4, -0.2) is 25.5 Å². The number of aliphatic imine (C=N–C) groups is 1. The second kappa shape index (κ2) is 5.43. The lowest BCUT2D eigenvalue weighted by Crippen LogP contribution is -2.45. The molecule has 5 nitrogen and oxygen atoms in total. The number of fused-ring (bicyclic) bond motifs is 3. The van der Waals surface area contributed by atoms with Crippen LogP contribution in [-0.2, 0) is 0 Å². The molecule has 4 rings (SSSR count). The number of nitrogens with one attached hydrogen (secondary N) is 1. The second-order valence-corrected chi connectivity index (χ2v) is 5.61. The van der Waals surface area contributed by atoms with Gasteiger partial charge in [0, 0.05) is 5.56 Å². The minimum atomic E-state index is -0.319. The van der Waals surface area contributed by atoms with Crippen LogP contribution in [0.1, 0.15) is 17.2 Å². The highest BCUT2D eigenvalue weighted by Crippen LogP contribution is 2.37. The summed E-state index contributed by atoms with van der Waals surface area (Å²) in [4.78, 5) is 16.3. The van der Waals surface area contributed by atoms with Gasteiger partial charge in [-0.2, -0.15) is 4.99 Å². The quantitative estimate of drug-likeness (QED) is 0.928. The molecular weight excluding hydrogens is 292 g/mol. The maximum atomic E-state index is 12.1. The van der Waals surface area contributed by atoms with Crippen LogP contribution < -0.4 is 14.8 Å². The van der Waals surface area contributed by atoms with Crippen molar-refractivity contribution >= 4 is 11.7 Å². The Balaban J connectivity index is 1.77. The molecule has 116 valence electrons. The first-order valence-corrected chi connectivity index (χ1v) is 7.51. The van der Waals surface area contributed by atoms with Crippen molar-refractivity contribution in [3.63, 3.8) is 0 Å². The van der Waals surface area contributed by atoms with E-state index in [1.165, 1.54) is 0 Å². The van der Waals surface area contributed by atoms with E-state index in [4.69, 9.17) is 9.47 Å². The van der Waals surface area contributed by atoms with Gasteiger partial charge < -0.3 is 14.8 Å². The molecule has 0 aliphatic carbocycles. The summed E-state index contributed by atoms with van der Waals surface area (Å²) < 4.78 is 11.2. The van der Waals surface area contributed by atoms with Gasteiger partial charge in [0.15, 0.2) is 0 Å². The molecule has 2 aliphatic heterocycles. The fourth-order valence-corrected chi connectivity index (χ4v) is 3.19. The van der Waals surface area contributed by atoms with Crippen molar-refractivity contribution in [3.8, 4) is 11.5 Å². The summed E-state index contributed by atoms with van der Waals surface area (Å²) in [6.07, 6.45) is 0. The van der Waals surface area contributed by atoms with E-state index in [-0.39, 0.29) is 18.0 Å². The maximum Gasteiger partial charge on any atom is 0.341 e. The zero-order chi connectivity index (χ0) is 15.8. The van der Waals surface area contributed by atoms with Crippen LogP contribution in [0.2, 0.25) is 0 Å². The van der Waals surface area contributed by atoms with Crippen molar-refractivity contribution in [3.05, 3.63) is 59.7 Å². The Bertz CT molecular complexity index is 800. The largest absolute Gasteiger partial charge is 0.497 e. The number of amides is 2. The molecule has 2 amide bonds. The number of carbonyl (C=O) groups excluding carboxylic acids is 1. The highest BCUT2D eigenvalue weighted by molar-refractivity contribution is 6.11. The SMILES string of the molecule is COc1cccc(C2NC(=O)N=C3c4ccccc4OCC32)c1. The molecule has 0 saturated carbocycles. The number of para-hydroxylation sites is 1. The van der Waals surface area contributed by atoms with Gasteiger partial charge in [0.05, 0.1) is 31.4 Å². The number of benzene rings is 2. The molecule has 1 N–H and O–H groups in total. The first kappa shape index (κ1) is 13.8. The number of ether oxygens (including phenoxy) is 2. The van der Waals surface area contributed by atoms with E-state index in [9.17, 15) is 4.79 Å². The molecule has 2 aromatic rings. The molecular formula is C18H16N2O3. The Labute approximate surface area is 134 Å². The van der Waals surface area contributed by atoms with Crippen LogP contribution in [0.25, 0.3) is 0 Å². The fraction of sp³-hybridized carbons (Fsp3) is 0.222. The van der Waals surface area contributed by atoms with Crippen molar-refractivity contribution in [2.24, 2.45) is 10.9 Å². The molecule has 0 saturated heterocycles. The molecule has 2 heterocycles. The van der Waals surface area contributed by atoms with E-state index in [1.54, 1.807) is 7.11 Å². The minimum absolute atomic E-state index is 0.0188. The highest BCUT2D eigenvalue weighted by Gasteiger charge is 2.38. The normalized spacial score (nSPS) is 22.1. The van der Waals surface area contributed by atoms with Gasteiger partial charge in [-0.25, -0.2) is 4.79 Å². The number of carbonyl (C=O) groups is 1. The van der Waals surface area contributed by atoms with Crippen LogP contribution >= 0.6 is 0 Å². The van der Waals surface area contributed by atoms with Crippen molar-refractivity contribution in [1.82, 2.24) is 5.32 Å². The number of hydrogen-bond acceptors (Lipinski definition) is 3. The number of nitrogens with zero attached hydrogens (tertiary/aromatic N) is 1. The van der Waals surface area contributed by atoms with E-state index in [1.807, 2.05) is 48.5 Å². The Morgan fingerprint density at radius 2 is 2.09 bits per heavy atom. The molecule has 0 bridgehead atoms. The first-order chi connectivity index (χ1) is 11.3. The standard InChI is InChI=1S/C18H16N2O3/c1-22-12-6-4-5-11(9-12)16-14-10-23-15-8-3-2-7-13(15)17(14)20-18(21)19-16/h2-9,14,16H,10H2,1H3,(H,19,21). The summed E-state index contributed by atoms with van der Waals surface area (Å²) in [6, 6.07) is 14.9. The van der Waals surface area contributed by atoms with Gasteiger partial charge in [0.25, 0.3) is 0 Å². The molecule has 0 spiro atoms. The van der Waals surface area contributed by atoms with Gasteiger partial charge in [-0.1, -0.05) is 24.3 Å². The van der Waals surface area contributed by atoms with Crippen molar-refractivity contribution in [2.45, 2.75) is 6.04 Å². The smallest absolute Gasteiger partial charge is 0.341 e. The molecule has 0 radical (unpaired) electrons. The summed E-state index contributed by atoms with van der Waals surface area (Å²) >= 11 is 0. The lowest BCUT2D eigenvalue weighted by Gasteiger charge is -2.36. The van der Waals surface area contributed by atoms with E-state index < -0.39 is 0 Å². The third-order valence-corrected chi connectivity index (χ3v) is 4.29. The minimum Gasteiger partial charge on any atom is -0.497 e. The van der Waals surface area contributed by atoms with E-state index in [0.29, 0.717) is 6.61 Å². The molecule has 2 atom stereocenters. The molecule has 2 aromatic carbocycles. The van der Waals surface area contributed by atoms with Crippen molar-refractivity contribution in [2.75, 3.05) is 13.7 Å². The monoisotopic (exact) mass is 308 g/mol. The Kier molecular flexibility index (Phi) is 3.26. The molecule has 2 unspecified atom stereocenters. The van der Waals surface area contributed by atoms with E-state index >= 15 is 0 Å². The van der Waals surface area contributed by atoms with Gasteiger partial charge in [-0.05, 0) is 29.8 Å². The summed E-state index contributed by atoms with van der Waals surface area (Å²) in [5, 5.41) is 2.95. The van der Waals surface area contributed by atoms with Gasteiger partial charge in [0.1, 0.15) is 11.5 Å². The summed E-state index contributed by atoms with van der Waals surface area (Å²) in [6.45, 7) is 0.484. The molecule has 23 heavy (non-hydrogen) atoms. The first-order valence-electron chi connectivity index (χ1n) is 7.51. The molecule has 5 heteroatoms. The van der Waals surface area contributed by atoms with E-state index in [2.05, 4.69) is 10.3 Å². The zero-order valence-electron chi connectivity index (χ0n) is 12.7. The van der Waals surface area contributed by atoms with Crippen LogP contribution in [0.5, 0.6) is 11.5 Å². The molecule has 0 aromatic heterocycles. The number of methoxy groups -OCH3 is 1. The third-order valence-electron chi connectivity index (χ3n) is 4.29. The predicted octanol–water partition coefficient (Wildman–Crippen LogP) is 2.96. The Morgan fingerprint density at radius 1 is 1.22 bits per heavy atom. The van der Waals surface area contributed by atoms with Crippen LogP contribution in [0, 0.1) is 5.92 Å². The topological polar surface area (TPSA) is 59.9 Å². The van der Waals surface area contributed by atoms with Gasteiger partial charge in [-0.15, -0.1) is 0 Å². The zero-order valence-corrected chi connectivity index (χ0v) is 12.7. The van der Waals surface area contributed by atoms with Crippen LogP contribution in [0.3, 0.4) is 0 Å². The summed E-state index contributed by atoms with van der Waals surface area (Å²) in [5.74, 6) is 1.52. The summed E-state index contributed by atoms with van der Waals surface area (Å²) in [7, 11) is 1.63. The van der Waals surface area contributed by atoms with Crippen LogP contribution in [0.4, 0.5) is 4.79 Å². The van der Waals surface area contributed by atoms with Gasteiger partial charge in [0.2, 0.25) is 0 Å². The summed E-state index contributed by atoms with van der Waals surface area (Å²) in [5.41, 5.74) is 2.67. The van der Waals surface area contributed by atoms with Crippen LogP contribution in [0.15, 0.2) is 53.5 Å². The lowest BCUT2D eigenvalue weighted by molar-refractivity contribution is 0.217. The number of urea groups is 1. The van der Waals surface area contributed by atoms with Crippen molar-refractivity contribution in [1.29, 1.82) is 0 Å². The van der Waals surface area contributed by atoms with Gasteiger partial charge in [-0.3, -0.25) is 0 Å². The lowest BCUT2D eigenvalue weighted by atomic mass is 9.83. The maximum absolute atomic E-state index is 12.1. The number of rotatable bonds is 2. The average molecular weight is 308 g/mol. The average Bonchev–Trinajstić information content (AvgIpc) is 2.61. The third kappa shape index (κ3) is 2.34. The molecule has 0 fully saturated rings. The fourth-order valence-electron chi connectivity index (χ4n) is 3.19. The van der Waals surface area contributed by atoms with Crippen molar-refractivity contribution < 1.29 is 14.3 Å². The Hall–Kier alpha value is -2.82. The van der Waals surface area contributed by atoms with E-state index in [0.717, 1.165) is 28.3 Å². The second-order valence-electron chi connectivity index (χ2n) is 5.61. The predicted molar refractivity (Wildman–Crippen MR) is 86.2 cm³/mol. The number of hydrogen-bond donors (Lipinski definition) is 1. The molecule has 2 aliphatic rings.